The van der Waals surface area contributed by atoms with E-state index in [4.69, 9.17) is 5.11 Å². The molecule has 0 aliphatic rings. The number of aromatic amines is 1. The highest BCUT2D eigenvalue weighted by molar-refractivity contribution is 5.73. The number of aliphatic hydroxyl groups excluding tert-OH is 1. The molecule has 0 saturated heterocycles. The van der Waals surface area contributed by atoms with Gasteiger partial charge in [-0.25, -0.2) is 4.79 Å². The van der Waals surface area contributed by atoms with Gasteiger partial charge in [0.1, 0.15) is 0 Å². The monoisotopic (exact) mass is 281 g/mol. The van der Waals surface area contributed by atoms with E-state index >= 15 is 0 Å². The zero-order valence-electron chi connectivity index (χ0n) is 11.6. The molecule has 0 aromatic carbocycles. The second-order valence-corrected chi connectivity index (χ2v) is 4.58. The van der Waals surface area contributed by atoms with Crippen LogP contribution in [0.4, 0.5) is 5.95 Å². The Morgan fingerprint density at radius 1 is 1.40 bits per heavy atom. The molecule has 110 valence electrons. The Balaban J connectivity index is 2.62. The zero-order valence-corrected chi connectivity index (χ0v) is 11.6. The fourth-order valence-corrected chi connectivity index (χ4v) is 2.10. The summed E-state index contributed by atoms with van der Waals surface area (Å²) >= 11 is 0. The first kappa shape index (κ1) is 14.3. The van der Waals surface area contributed by atoms with Crippen LogP contribution >= 0.6 is 0 Å². The van der Waals surface area contributed by atoms with Crippen molar-refractivity contribution in [1.29, 1.82) is 0 Å². The van der Waals surface area contributed by atoms with Gasteiger partial charge in [0.15, 0.2) is 11.2 Å². The summed E-state index contributed by atoms with van der Waals surface area (Å²) in [5, 5.41) is 11.8. The van der Waals surface area contributed by atoms with Crippen LogP contribution in [0.1, 0.15) is 19.8 Å². The molecule has 0 aliphatic heterocycles. The molecule has 2 heterocycles. The lowest BCUT2D eigenvalue weighted by molar-refractivity contribution is 0.310. The van der Waals surface area contributed by atoms with Crippen LogP contribution < -0.4 is 16.6 Å². The van der Waals surface area contributed by atoms with E-state index in [9.17, 15) is 9.59 Å². The summed E-state index contributed by atoms with van der Waals surface area (Å²) in [7, 11) is 1.69. The first-order valence-corrected chi connectivity index (χ1v) is 6.64. The van der Waals surface area contributed by atoms with Crippen LogP contribution in [0.25, 0.3) is 11.2 Å². The number of aryl methyl sites for hydroxylation is 2. The Hall–Kier alpha value is -2.09. The number of aromatic nitrogens is 4. The predicted octanol–water partition coefficient (Wildman–Crippen LogP) is -0.372. The van der Waals surface area contributed by atoms with Gasteiger partial charge in [0.05, 0.1) is 6.61 Å². The van der Waals surface area contributed by atoms with Gasteiger partial charge in [0.2, 0.25) is 5.95 Å². The number of aliphatic hydroxyl groups is 1. The van der Waals surface area contributed by atoms with Crippen LogP contribution in [0.2, 0.25) is 0 Å². The summed E-state index contributed by atoms with van der Waals surface area (Å²) < 4.78 is 3.07. The van der Waals surface area contributed by atoms with Crippen LogP contribution in [0, 0.1) is 0 Å². The number of H-pyrrole nitrogens is 1. The first-order chi connectivity index (χ1) is 9.60. The number of hydrogen-bond donors (Lipinski definition) is 3. The average Bonchev–Trinajstić information content (AvgIpc) is 2.74. The number of anilines is 1. The van der Waals surface area contributed by atoms with Crippen LogP contribution in [-0.2, 0) is 13.6 Å². The number of imidazole rings is 1. The maximum Gasteiger partial charge on any atom is 0.330 e. The van der Waals surface area contributed by atoms with Crippen molar-refractivity contribution in [2.45, 2.75) is 26.3 Å². The van der Waals surface area contributed by atoms with Gasteiger partial charge in [0.25, 0.3) is 5.56 Å². The molecule has 0 bridgehead atoms. The SMILES string of the molecule is CCCCn1c(=O)[nH]c(=O)c2c1nc(NCCO)n2C. The summed E-state index contributed by atoms with van der Waals surface area (Å²) in [5.41, 5.74) is -0.177. The Kier molecular flexibility index (Phi) is 4.23. The molecule has 8 heteroatoms. The molecule has 0 atom stereocenters. The summed E-state index contributed by atoms with van der Waals surface area (Å²) in [6.07, 6.45) is 1.77. The van der Waals surface area contributed by atoms with Gasteiger partial charge in [-0.3, -0.25) is 14.3 Å². The van der Waals surface area contributed by atoms with Crippen molar-refractivity contribution in [2.24, 2.45) is 7.05 Å². The Morgan fingerprint density at radius 3 is 2.80 bits per heavy atom. The standard InChI is InChI=1S/C12H19N5O3/c1-3-4-6-17-9-8(10(19)15-12(17)20)16(2)11(14-9)13-5-7-18/h18H,3-7H2,1-2H3,(H,13,14)(H,15,19,20). The zero-order chi connectivity index (χ0) is 14.7. The maximum absolute atomic E-state index is 11.9. The molecule has 0 saturated carbocycles. The van der Waals surface area contributed by atoms with E-state index < -0.39 is 11.2 Å². The number of fused-ring (bicyclic) bond motifs is 1. The molecule has 3 N–H and O–H groups in total. The number of unbranched alkanes of at least 4 members (excludes halogenated alkanes) is 1. The summed E-state index contributed by atoms with van der Waals surface area (Å²) in [5.74, 6) is 0.454. The molecule has 2 rings (SSSR count). The van der Waals surface area contributed by atoms with E-state index in [2.05, 4.69) is 15.3 Å². The molecule has 0 amide bonds. The minimum absolute atomic E-state index is 0.0395. The Morgan fingerprint density at radius 2 is 2.15 bits per heavy atom. The van der Waals surface area contributed by atoms with Gasteiger partial charge >= 0.3 is 5.69 Å². The van der Waals surface area contributed by atoms with Crippen molar-refractivity contribution in [3.8, 4) is 0 Å². The van der Waals surface area contributed by atoms with Gasteiger partial charge < -0.3 is 15.0 Å². The van der Waals surface area contributed by atoms with Gasteiger partial charge in [-0.15, -0.1) is 0 Å². The lowest BCUT2D eigenvalue weighted by Gasteiger charge is -2.04. The average molecular weight is 281 g/mol. The summed E-state index contributed by atoms with van der Waals surface area (Å²) in [6.45, 7) is 2.83. The van der Waals surface area contributed by atoms with Crippen LogP contribution in [0.15, 0.2) is 9.59 Å². The van der Waals surface area contributed by atoms with Gasteiger partial charge in [0, 0.05) is 20.1 Å². The van der Waals surface area contributed by atoms with E-state index in [0.717, 1.165) is 12.8 Å². The third-order valence-corrected chi connectivity index (χ3v) is 3.14. The number of hydrogen-bond acceptors (Lipinski definition) is 5. The molecule has 2 aromatic rings. The predicted molar refractivity (Wildman–Crippen MR) is 76.1 cm³/mol. The smallest absolute Gasteiger partial charge is 0.330 e. The minimum Gasteiger partial charge on any atom is -0.395 e. The third kappa shape index (κ3) is 2.46. The van der Waals surface area contributed by atoms with Crippen molar-refractivity contribution < 1.29 is 5.11 Å². The van der Waals surface area contributed by atoms with Crippen molar-refractivity contribution in [3.05, 3.63) is 20.8 Å². The fraction of sp³-hybridized carbons (Fsp3) is 0.583. The van der Waals surface area contributed by atoms with E-state index in [1.165, 1.54) is 4.57 Å². The molecule has 0 unspecified atom stereocenters. The molecule has 2 aromatic heterocycles. The van der Waals surface area contributed by atoms with E-state index in [-0.39, 0.29) is 6.61 Å². The normalized spacial score (nSPS) is 11.2. The minimum atomic E-state index is -0.454. The summed E-state index contributed by atoms with van der Waals surface area (Å²) in [4.78, 5) is 30.4. The lowest BCUT2D eigenvalue weighted by Crippen LogP contribution is -2.31. The van der Waals surface area contributed by atoms with E-state index in [1.807, 2.05) is 6.92 Å². The second-order valence-electron chi connectivity index (χ2n) is 4.58. The number of nitrogens with one attached hydrogen (secondary N) is 2. The lowest BCUT2D eigenvalue weighted by atomic mass is 10.3. The van der Waals surface area contributed by atoms with Gasteiger partial charge in [-0.1, -0.05) is 13.3 Å². The Bertz CT molecular complexity index is 712. The summed E-state index contributed by atoms with van der Waals surface area (Å²) in [6, 6.07) is 0. The number of nitrogens with zero attached hydrogens (tertiary/aromatic N) is 3. The van der Waals surface area contributed by atoms with Crippen LogP contribution in [0.3, 0.4) is 0 Å². The molecule has 0 fully saturated rings. The molecule has 0 aliphatic carbocycles. The van der Waals surface area contributed by atoms with Crippen molar-refractivity contribution >= 4 is 17.1 Å². The van der Waals surface area contributed by atoms with Crippen molar-refractivity contribution in [2.75, 3.05) is 18.5 Å². The van der Waals surface area contributed by atoms with Gasteiger partial charge in [-0.05, 0) is 6.42 Å². The Labute approximate surface area is 115 Å². The largest absolute Gasteiger partial charge is 0.395 e. The highest BCUT2D eigenvalue weighted by Crippen LogP contribution is 2.13. The van der Waals surface area contributed by atoms with Gasteiger partial charge in [-0.2, -0.15) is 4.98 Å². The molecule has 20 heavy (non-hydrogen) atoms. The first-order valence-electron chi connectivity index (χ1n) is 6.64. The number of rotatable bonds is 6. The van der Waals surface area contributed by atoms with Crippen molar-refractivity contribution in [1.82, 2.24) is 19.1 Å². The fourth-order valence-electron chi connectivity index (χ4n) is 2.10. The molecule has 0 radical (unpaired) electrons. The van der Waals surface area contributed by atoms with Crippen LogP contribution in [-0.4, -0.2) is 37.4 Å². The topological polar surface area (TPSA) is 105 Å². The molecular weight excluding hydrogens is 262 g/mol. The molecule has 8 nitrogen and oxygen atoms in total. The maximum atomic E-state index is 11.9. The highest BCUT2D eigenvalue weighted by atomic mass is 16.3. The van der Waals surface area contributed by atoms with Crippen LogP contribution in [0.5, 0.6) is 0 Å². The quantitative estimate of drug-likeness (QED) is 0.670. The van der Waals surface area contributed by atoms with E-state index in [0.29, 0.717) is 30.2 Å². The molecule has 0 spiro atoms. The third-order valence-electron chi connectivity index (χ3n) is 3.14. The second kappa shape index (κ2) is 5.91. The van der Waals surface area contributed by atoms with E-state index in [1.54, 1.807) is 11.6 Å². The van der Waals surface area contributed by atoms with Crippen molar-refractivity contribution in [3.63, 3.8) is 0 Å². The highest BCUT2D eigenvalue weighted by Gasteiger charge is 2.15. The molecular formula is C12H19N5O3.